The number of hydrogen-bond donors (Lipinski definition) is 1. The van der Waals surface area contributed by atoms with E-state index in [9.17, 15) is 13.2 Å². The van der Waals surface area contributed by atoms with E-state index in [-0.39, 0.29) is 5.75 Å². The van der Waals surface area contributed by atoms with Gasteiger partial charge in [-0.05, 0) is 24.7 Å². The number of halogens is 3. The minimum absolute atomic E-state index is 0.116. The molecular weight excluding hydrogens is 299 g/mol. The largest absolute Gasteiger partial charge is 0.573 e. The van der Waals surface area contributed by atoms with Crippen LogP contribution in [0.2, 0.25) is 0 Å². The summed E-state index contributed by atoms with van der Waals surface area (Å²) in [6.07, 6.45) is -1.21. The molecule has 1 aromatic rings. The molecule has 1 N–H and O–H groups in total. The van der Waals surface area contributed by atoms with Crippen LogP contribution in [-0.4, -0.2) is 23.4 Å². The maximum atomic E-state index is 12.4. The van der Waals surface area contributed by atoms with Crippen molar-refractivity contribution >= 4 is 11.8 Å². The monoisotopic (exact) mass is 319 g/mol. The number of ether oxygens (including phenoxy) is 1. The number of thioether (sulfide) groups is 1. The second kappa shape index (κ2) is 7.40. The number of para-hydroxylation sites is 1. The summed E-state index contributed by atoms with van der Waals surface area (Å²) in [5, 5.41) is 3.95. The number of nitrogens with one attached hydrogen (secondary N) is 1. The van der Waals surface area contributed by atoms with Crippen LogP contribution in [0.4, 0.5) is 13.2 Å². The number of hydrogen-bond acceptors (Lipinski definition) is 3. The Bertz CT molecular complexity index is 453. The van der Waals surface area contributed by atoms with Crippen LogP contribution < -0.4 is 10.1 Å². The highest BCUT2D eigenvalue weighted by Crippen LogP contribution is 2.31. The van der Waals surface area contributed by atoms with Crippen molar-refractivity contribution in [1.82, 2.24) is 5.32 Å². The van der Waals surface area contributed by atoms with Gasteiger partial charge in [-0.25, -0.2) is 0 Å². The average Bonchev–Trinajstić information content (AvgIpc) is 2.84. The van der Waals surface area contributed by atoms with Gasteiger partial charge in [-0.2, -0.15) is 11.8 Å². The molecule has 21 heavy (non-hydrogen) atoms. The highest BCUT2D eigenvalue weighted by molar-refractivity contribution is 7.99. The average molecular weight is 319 g/mol. The summed E-state index contributed by atoms with van der Waals surface area (Å²) in [5.41, 5.74) is 0.543. The van der Waals surface area contributed by atoms with Gasteiger partial charge in [0.15, 0.2) is 0 Å². The third-order valence-electron chi connectivity index (χ3n) is 3.59. The number of rotatable bonds is 6. The lowest BCUT2D eigenvalue weighted by Gasteiger charge is -2.21. The first-order valence-corrected chi connectivity index (χ1v) is 8.23. The van der Waals surface area contributed by atoms with Crippen molar-refractivity contribution in [3.8, 4) is 5.75 Å². The van der Waals surface area contributed by atoms with Crippen LogP contribution in [0.1, 0.15) is 31.7 Å². The van der Waals surface area contributed by atoms with Gasteiger partial charge >= 0.3 is 6.36 Å². The molecule has 0 bridgehead atoms. The minimum atomic E-state index is -4.65. The maximum absolute atomic E-state index is 12.4. The van der Waals surface area contributed by atoms with Crippen LogP contribution in [0.25, 0.3) is 0 Å². The Hall–Kier alpha value is -0.880. The van der Waals surface area contributed by atoms with E-state index < -0.39 is 6.36 Å². The molecule has 2 nitrogen and oxygen atoms in total. The molecule has 0 aromatic heterocycles. The standard InChI is InChI=1S/C15H20F3NOS/c1-2-21-14-9-5-7-12(14)19-10-11-6-3-4-8-13(11)20-15(16,17)18/h3-4,6,8,12,14,19H,2,5,7,9-10H2,1H3. The Labute approximate surface area is 127 Å². The Kier molecular flexibility index (Phi) is 5.81. The Balaban J connectivity index is 1.96. The van der Waals surface area contributed by atoms with E-state index in [4.69, 9.17) is 0 Å². The Morgan fingerprint density at radius 3 is 2.76 bits per heavy atom. The van der Waals surface area contributed by atoms with Crippen molar-refractivity contribution in [2.75, 3.05) is 5.75 Å². The van der Waals surface area contributed by atoms with E-state index in [1.165, 1.54) is 18.9 Å². The molecule has 1 saturated carbocycles. The van der Waals surface area contributed by atoms with E-state index in [1.54, 1.807) is 18.2 Å². The van der Waals surface area contributed by atoms with Gasteiger partial charge in [-0.3, -0.25) is 0 Å². The van der Waals surface area contributed by atoms with Crippen molar-refractivity contribution in [1.29, 1.82) is 0 Å². The molecule has 0 radical (unpaired) electrons. The summed E-state index contributed by atoms with van der Waals surface area (Å²) in [4.78, 5) is 0. The van der Waals surface area contributed by atoms with Gasteiger partial charge in [0.1, 0.15) is 5.75 Å². The molecule has 0 heterocycles. The molecule has 0 amide bonds. The van der Waals surface area contributed by atoms with Crippen LogP contribution in [0, 0.1) is 0 Å². The predicted octanol–water partition coefficient (Wildman–Crippen LogP) is 4.35. The van der Waals surface area contributed by atoms with Gasteiger partial charge < -0.3 is 10.1 Å². The van der Waals surface area contributed by atoms with Crippen LogP contribution in [-0.2, 0) is 6.54 Å². The van der Waals surface area contributed by atoms with Gasteiger partial charge in [-0.15, -0.1) is 13.2 Å². The molecule has 1 fully saturated rings. The van der Waals surface area contributed by atoms with E-state index in [0.717, 1.165) is 12.2 Å². The molecule has 6 heteroatoms. The molecule has 0 saturated heterocycles. The van der Waals surface area contributed by atoms with Crippen molar-refractivity contribution in [2.45, 2.75) is 50.4 Å². The molecule has 2 unspecified atom stereocenters. The summed E-state index contributed by atoms with van der Waals surface area (Å²) in [6, 6.07) is 6.68. The number of alkyl halides is 3. The summed E-state index contributed by atoms with van der Waals surface area (Å²) in [5.74, 6) is 0.951. The summed E-state index contributed by atoms with van der Waals surface area (Å²) in [6.45, 7) is 2.53. The molecule has 118 valence electrons. The first-order valence-electron chi connectivity index (χ1n) is 7.18. The second-order valence-corrected chi connectivity index (χ2v) is 6.58. The minimum Gasteiger partial charge on any atom is -0.405 e. The Morgan fingerprint density at radius 2 is 2.05 bits per heavy atom. The molecular formula is C15H20F3NOS. The zero-order chi connectivity index (χ0) is 15.3. The van der Waals surface area contributed by atoms with Crippen LogP contribution in [0.3, 0.4) is 0 Å². The van der Waals surface area contributed by atoms with Crippen molar-refractivity contribution in [3.05, 3.63) is 29.8 Å². The second-order valence-electron chi connectivity index (χ2n) is 5.07. The fraction of sp³-hybridized carbons (Fsp3) is 0.600. The van der Waals surface area contributed by atoms with Crippen molar-refractivity contribution < 1.29 is 17.9 Å². The first-order chi connectivity index (χ1) is 9.99. The van der Waals surface area contributed by atoms with E-state index >= 15 is 0 Å². The van der Waals surface area contributed by atoms with E-state index in [2.05, 4.69) is 17.0 Å². The summed E-state index contributed by atoms with van der Waals surface area (Å²) < 4.78 is 41.2. The maximum Gasteiger partial charge on any atom is 0.573 e. The molecule has 2 rings (SSSR count). The Morgan fingerprint density at radius 1 is 1.29 bits per heavy atom. The third-order valence-corrected chi connectivity index (χ3v) is 4.91. The number of benzene rings is 1. The van der Waals surface area contributed by atoms with E-state index in [1.807, 2.05) is 11.8 Å². The van der Waals surface area contributed by atoms with Gasteiger partial charge in [0.2, 0.25) is 0 Å². The topological polar surface area (TPSA) is 21.3 Å². The van der Waals surface area contributed by atoms with Crippen LogP contribution in [0.15, 0.2) is 24.3 Å². The fourth-order valence-electron chi connectivity index (χ4n) is 2.69. The SMILES string of the molecule is CCSC1CCCC1NCc1ccccc1OC(F)(F)F. The van der Waals surface area contributed by atoms with Crippen molar-refractivity contribution in [3.63, 3.8) is 0 Å². The van der Waals surface area contributed by atoms with Crippen LogP contribution >= 0.6 is 11.8 Å². The fourth-order valence-corrected chi connectivity index (χ4v) is 3.91. The van der Waals surface area contributed by atoms with Gasteiger partial charge in [-0.1, -0.05) is 31.5 Å². The van der Waals surface area contributed by atoms with E-state index in [0.29, 0.717) is 23.4 Å². The van der Waals surface area contributed by atoms with Gasteiger partial charge in [0.05, 0.1) is 0 Å². The van der Waals surface area contributed by atoms with Crippen molar-refractivity contribution in [2.24, 2.45) is 0 Å². The molecule has 0 spiro atoms. The quantitative estimate of drug-likeness (QED) is 0.842. The lowest BCUT2D eigenvalue weighted by Crippen LogP contribution is -2.34. The zero-order valence-corrected chi connectivity index (χ0v) is 12.8. The third kappa shape index (κ3) is 5.11. The lowest BCUT2D eigenvalue weighted by molar-refractivity contribution is -0.274. The zero-order valence-electron chi connectivity index (χ0n) is 12.0. The normalized spacial score (nSPS) is 22.5. The first kappa shape index (κ1) is 16.5. The molecule has 1 aliphatic carbocycles. The summed E-state index contributed by atoms with van der Waals surface area (Å²) in [7, 11) is 0. The smallest absolute Gasteiger partial charge is 0.405 e. The predicted molar refractivity (Wildman–Crippen MR) is 79.5 cm³/mol. The van der Waals surface area contributed by atoms with Crippen LogP contribution in [0.5, 0.6) is 5.75 Å². The molecule has 0 aliphatic heterocycles. The molecule has 2 atom stereocenters. The highest BCUT2D eigenvalue weighted by Gasteiger charge is 2.32. The molecule has 1 aromatic carbocycles. The summed E-state index contributed by atoms with van der Waals surface area (Å²) >= 11 is 1.92. The molecule has 1 aliphatic rings. The highest BCUT2D eigenvalue weighted by atomic mass is 32.2. The van der Waals surface area contributed by atoms with Gasteiger partial charge in [0, 0.05) is 23.4 Å². The van der Waals surface area contributed by atoms with Gasteiger partial charge in [0.25, 0.3) is 0 Å². The lowest BCUT2D eigenvalue weighted by atomic mass is 10.1.